The van der Waals surface area contributed by atoms with Gasteiger partial charge in [-0.05, 0) is 12.0 Å². The van der Waals surface area contributed by atoms with Crippen LogP contribution in [0, 0.1) is 11.8 Å². The first-order chi connectivity index (χ1) is 6.52. The van der Waals surface area contributed by atoms with E-state index in [2.05, 4.69) is 0 Å². The van der Waals surface area contributed by atoms with E-state index < -0.39 is 5.91 Å². The third-order valence-corrected chi connectivity index (χ3v) is 2.47. The first-order valence-corrected chi connectivity index (χ1v) is 4.57. The van der Waals surface area contributed by atoms with E-state index in [1.54, 1.807) is 6.08 Å². The molecule has 14 heavy (non-hydrogen) atoms. The minimum atomic E-state index is -0.565. The summed E-state index contributed by atoms with van der Waals surface area (Å²) in [6.45, 7) is 3.77. The molecule has 0 aromatic carbocycles. The van der Waals surface area contributed by atoms with Gasteiger partial charge in [0.05, 0.1) is 0 Å². The van der Waals surface area contributed by atoms with Crippen molar-refractivity contribution in [1.29, 1.82) is 0 Å². The zero-order chi connectivity index (χ0) is 10.7. The quantitative estimate of drug-likeness (QED) is 0.673. The lowest BCUT2D eigenvalue weighted by molar-refractivity contribution is -0.113. The highest BCUT2D eigenvalue weighted by atomic mass is 19.1. The molecule has 0 aromatic rings. The topological polar surface area (TPSA) is 43.1 Å². The molecule has 2 nitrogen and oxygen atoms in total. The second-order valence-electron chi connectivity index (χ2n) is 3.55. The van der Waals surface area contributed by atoms with Crippen LogP contribution in [0.3, 0.4) is 0 Å². The number of halogens is 1. The predicted octanol–water partition coefficient (Wildman–Crippen LogP) is 2.09. The van der Waals surface area contributed by atoms with Crippen LogP contribution in [-0.4, -0.2) is 5.91 Å². The molecule has 0 fully saturated rings. The minimum Gasteiger partial charge on any atom is -0.366 e. The second-order valence-corrected chi connectivity index (χ2v) is 3.55. The first-order valence-electron chi connectivity index (χ1n) is 4.57. The lowest BCUT2D eigenvalue weighted by Crippen LogP contribution is -2.11. The molecule has 0 saturated carbocycles. The number of hydrogen-bond donors (Lipinski definition) is 1. The van der Waals surface area contributed by atoms with E-state index in [4.69, 9.17) is 5.73 Å². The van der Waals surface area contributed by atoms with Crippen LogP contribution in [0.2, 0.25) is 0 Å². The Morgan fingerprint density at radius 1 is 1.57 bits per heavy atom. The maximum atomic E-state index is 13.6. The number of primary amides is 1. The monoisotopic (exact) mass is 195 g/mol. The largest absolute Gasteiger partial charge is 0.366 e. The van der Waals surface area contributed by atoms with Crippen molar-refractivity contribution in [3.63, 3.8) is 0 Å². The van der Waals surface area contributed by atoms with Gasteiger partial charge in [0.25, 0.3) is 0 Å². The number of rotatable bonds is 2. The molecule has 1 rings (SSSR count). The molecular weight excluding hydrogens is 181 g/mol. The van der Waals surface area contributed by atoms with Gasteiger partial charge in [-0.3, -0.25) is 4.79 Å². The Labute approximate surface area is 83.0 Å². The van der Waals surface area contributed by atoms with Crippen LogP contribution < -0.4 is 5.73 Å². The molecule has 2 atom stereocenters. The molecule has 0 radical (unpaired) electrons. The zero-order valence-electron chi connectivity index (χ0n) is 8.33. The smallest absolute Gasteiger partial charge is 0.241 e. The molecule has 3 heteroatoms. The van der Waals surface area contributed by atoms with Gasteiger partial charge in [0.15, 0.2) is 0 Å². The van der Waals surface area contributed by atoms with Gasteiger partial charge >= 0.3 is 0 Å². The van der Waals surface area contributed by atoms with Crippen LogP contribution >= 0.6 is 0 Å². The molecule has 0 saturated heterocycles. The second kappa shape index (κ2) is 4.22. The van der Waals surface area contributed by atoms with Gasteiger partial charge in [-0.1, -0.05) is 26.0 Å². The molecule has 1 aliphatic rings. The Kier molecular flexibility index (Phi) is 3.23. The Bertz CT molecular complexity index is 328. The Morgan fingerprint density at radius 2 is 2.21 bits per heavy atom. The summed E-state index contributed by atoms with van der Waals surface area (Å²) in [5.74, 6) is -0.685. The van der Waals surface area contributed by atoms with E-state index in [1.165, 1.54) is 12.2 Å². The molecule has 1 aliphatic carbocycles. The average Bonchev–Trinajstić information content (AvgIpc) is 2.13. The zero-order valence-corrected chi connectivity index (χ0v) is 8.33. The molecule has 2 N–H and O–H groups in total. The SMILES string of the molecule is CC1C(F)=C(/C=C/C(N)=O)C=C[C@@H]1C. The van der Waals surface area contributed by atoms with Crippen molar-refractivity contribution < 1.29 is 9.18 Å². The van der Waals surface area contributed by atoms with E-state index in [1.807, 2.05) is 19.9 Å². The minimum absolute atomic E-state index is 0.132. The summed E-state index contributed by atoms with van der Waals surface area (Å²) in [4.78, 5) is 10.5. The lowest BCUT2D eigenvalue weighted by atomic mass is 9.87. The molecule has 0 spiro atoms. The number of nitrogens with two attached hydrogens (primary N) is 1. The molecule has 0 heterocycles. The van der Waals surface area contributed by atoms with E-state index >= 15 is 0 Å². The summed E-state index contributed by atoms with van der Waals surface area (Å²) in [5, 5.41) is 0. The fourth-order valence-electron chi connectivity index (χ4n) is 1.30. The number of carbonyl (C=O) groups is 1. The molecule has 1 amide bonds. The summed E-state index contributed by atoms with van der Waals surface area (Å²) in [7, 11) is 0. The van der Waals surface area contributed by atoms with E-state index in [0.717, 1.165) is 0 Å². The van der Waals surface area contributed by atoms with Crippen molar-refractivity contribution in [3.8, 4) is 0 Å². The van der Waals surface area contributed by atoms with Crippen molar-refractivity contribution in [3.05, 3.63) is 35.7 Å². The van der Waals surface area contributed by atoms with Gasteiger partial charge in [0, 0.05) is 17.6 Å². The van der Waals surface area contributed by atoms with Crippen LogP contribution in [0.25, 0.3) is 0 Å². The van der Waals surface area contributed by atoms with Gasteiger partial charge in [-0.2, -0.15) is 0 Å². The molecule has 76 valence electrons. The Morgan fingerprint density at radius 3 is 2.79 bits per heavy atom. The van der Waals surface area contributed by atoms with Crippen LogP contribution in [0.15, 0.2) is 35.7 Å². The van der Waals surface area contributed by atoms with Crippen LogP contribution in [0.4, 0.5) is 4.39 Å². The van der Waals surface area contributed by atoms with Gasteiger partial charge < -0.3 is 5.73 Å². The number of hydrogen-bond acceptors (Lipinski definition) is 1. The molecule has 0 aliphatic heterocycles. The maximum absolute atomic E-state index is 13.6. The highest BCUT2D eigenvalue weighted by Gasteiger charge is 2.20. The van der Waals surface area contributed by atoms with E-state index in [-0.39, 0.29) is 17.7 Å². The van der Waals surface area contributed by atoms with E-state index in [9.17, 15) is 9.18 Å². The summed E-state index contributed by atoms with van der Waals surface area (Å²) in [6.07, 6.45) is 6.19. The summed E-state index contributed by atoms with van der Waals surface area (Å²) < 4.78 is 13.6. The summed E-state index contributed by atoms with van der Waals surface area (Å²) >= 11 is 0. The van der Waals surface area contributed by atoms with Crippen molar-refractivity contribution in [1.82, 2.24) is 0 Å². The maximum Gasteiger partial charge on any atom is 0.241 e. The van der Waals surface area contributed by atoms with Crippen LogP contribution in [0.5, 0.6) is 0 Å². The lowest BCUT2D eigenvalue weighted by Gasteiger charge is -2.20. The van der Waals surface area contributed by atoms with Gasteiger partial charge in [-0.15, -0.1) is 0 Å². The highest BCUT2D eigenvalue weighted by molar-refractivity contribution is 5.86. The normalized spacial score (nSPS) is 27.4. The molecule has 0 bridgehead atoms. The van der Waals surface area contributed by atoms with Crippen molar-refractivity contribution >= 4 is 5.91 Å². The Balaban J connectivity index is 2.89. The van der Waals surface area contributed by atoms with Gasteiger partial charge in [0.2, 0.25) is 5.91 Å². The van der Waals surface area contributed by atoms with Crippen molar-refractivity contribution in [2.75, 3.05) is 0 Å². The number of allylic oxidation sites excluding steroid dienone is 5. The molecular formula is C11H14FNO. The summed E-state index contributed by atoms with van der Waals surface area (Å²) in [6, 6.07) is 0. The number of amides is 1. The Hall–Kier alpha value is -1.38. The standard InChI is InChI=1S/C11H14FNO/c1-7-3-4-9(5-6-10(13)14)11(12)8(7)2/h3-8H,1-2H3,(H2,13,14)/b6-5+/t7-,8?/m0/s1. The van der Waals surface area contributed by atoms with Gasteiger partial charge in [0.1, 0.15) is 5.83 Å². The van der Waals surface area contributed by atoms with Crippen molar-refractivity contribution in [2.45, 2.75) is 13.8 Å². The van der Waals surface area contributed by atoms with Crippen LogP contribution in [-0.2, 0) is 4.79 Å². The number of carbonyl (C=O) groups excluding carboxylic acids is 1. The fourth-order valence-corrected chi connectivity index (χ4v) is 1.30. The molecule has 0 aromatic heterocycles. The summed E-state index contributed by atoms with van der Waals surface area (Å²) in [5.41, 5.74) is 5.36. The third-order valence-electron chi connectivity index (χ3n) is 2.47. The predicted molar refractivity (Wildman–Crippen MR) is 53.9 cm³/mol. The average molecular weight is 195 g/mol. The van der Waals surface area contributed by atoms with Crippen molar-refractivity contribution in [2.24, 2.45) is 17.6 Å². The van der Waals surface area contributed by atoms with Gasteiger partial charge in [-0.25, -0.2) is 4.39 Å². The molecule has 1 unspecified atom stereocenters. The fraction of sp³-hybridized carbons (Fsp3) is 0.364. The van der Waals surface area contributed by atoms with Crippen LogP contribution in [0.1, 0.15) is 13.8 Å². The first kappa shape index (κ1) is 10.7. The van der Waals surface area contributed by atoms with E-state index in [0.29, 0.717) is 5.57 Å². The highest BCUT2D eigenvalue weighted by Crippen LogP contribution is 2.30. The third kappa shape index (κ3) is 2.31.